The van der Waals surface area contributed by atoms with Crippen molar-refractivity contribution < 1.29 is 14.4 Å². The molecule has 18 heavy (non-hydrogen) atoms. The van der Waals surface area contributed by atoms with Gasteiger partial charge in [0.25, 0.3) is 0 Å². The molecule has 0 fully saturated rings. The third kappa shape index (κ3) is 5.79. The van der Waals surface area contributed by atoms with Crippen LogP contribution in [0.15, 0.2) is 10.6 Å². The van der Waals surface area contributed by atoms with Gasteiger partial charge in [0.1, 0.15) is 5.76 Å². The maximum Gasteiger partial charge on any atom is 0.239 e. The van der Waals surface area contributed by atoms with Crippen molar-refractivity contribution in [3.8, 4) is 0 Å². The van der Waals surface area contributed by atoms with E-state index in [1.54, 1.807) is 13.0 Å². The van der Waals surface area contributed by atoms with E-state index in [1.165, 1.54) is 0 Å². The molecular formula is C12H21N3O3. The molecule has 6 heteroatoms. The fourth-order valence-electron chi connectivity index (χ4n) is 1.60. The predicted octanol–water partition coefficient (Wildman–Crippen LogP) is 1.02. The van der Waals surface area contributed by atoms with Crippen LogP contribution in [0.1, 0.15) is 25.0 Å². The number of aromatic nitrogens is 1. The zero-order valence-electron chi connectivity index (χ0n) is 11.0. The number of aliphatic hydroxyl groups is 1. The average Bonchev–Trinajstić information content (AvgIpc) is 2.70. The van der Waals surface area contributed by atoms with Crippen molar-refractivity contribution >= 4 is 11.7 Å². The summed E-state index contributed by atoms with van der Waals surface area (Å²) in [4.78, 5) is 13.6. The van der Waals surface area contributed by atoms with Crippen LogP contribution in [0.2, 0.25) is 0 Å². The lowest BCUT2D eigenvalue weighted by Crippen LogP contribution is -2.31. The number of hydrogen-bond donors (Lipinski definition) is 2. The highest BCUT2D eigenvalue weighted by Gasteiger charge is 2.08. The number of amides is 1. The van der Waals surface area contributed by atoms with Crippen LogP contribution in [-0.2, 0) is 4.79 Å². The second-order valence-corrected chi connectivity index (χ2v) is 4.39. The summed E-state index contributed by atoms with van der Waals surface area (Å²) in [7, 11) is 1.90. The van der Waals surface area contributed by atoms with Gasteiger partial charge in [-0.1, -0.05) is 5.16 Å². The molecule has 0 saturated carbocycles. The van der Waals surface area contributed by atoms with Gasteiger partial charge in [0, 0.05) is 12.7 Å². The van der Waals surface area contributed by atoms with E-state index < -0.39 is 0 Å². The highest BCUT2D eigenvalue weighted by Crippen LogP contribution is 2.06. The molecule has 0 bridgehead atoms. The molecule has 0 aromatic carbocycles. The Hall–Kier alpha value is -1.40. The van der Waals surface area contributed by atoms with Gasteiger partial charge in [-0.15, -0.1) is 0 Å². The first-order chi connectivity index (χ1) is 8.61. The van der Waals surface area contributed by atoms with Gasteiger partial charge in [0.2, 0.25) is 5.91 Å². The van der Waals surface area contributed by atoms with Gasteiger partial charge in [0.15, 0.2) is 5.82 Å². The van der Waals surface area contributed by atoms with Crippen LogP contribution in [-0.4, -0.2) is 47.8 Å². The van der Waals surface area contributed by atoms with Crippen molar-refractivity contribution in [1.82, 2.24) is 10.1 Å². The molecule has 0 aliphatic heterocycles. The maximum absolute atomic E-state index is 11.6. The number of carbonyl (C=O) groups is 1. The van der Waals surface area contributed by atoms with Gasteiger partial charge in [-0.2, -0.15) is 0 Å². The number of nitrogens with one attached hydrogen (secondary N) is 1. The molecule has 1 amide bonds. The van der Waals surface area contributed by atoms with Gasteiger partial charge in [-0.25, -0.2) is 0 Å². The summed E-state index contributed by atoms with van der Waals surface area (Å²) in [5.41, 5.74) is 0. The molecule has 1 aromatic rings. The Morgan fingerprint density at radius 3 is 2.89 bits per heavy atom. The Balaban J connectivity index is 2.19. The largest absolute Gasteiger partial charge is 0.396 e. The third-order valence-corrected chi connectivity index (χ3v) is 2.51. The molecule has 0 unspecified atom stereocenters. The predicted molar refractivity (Wildman–Crippen MR) is 68.3 cm³/mol. The number of likely N-dealkylation sites (N-methyl/N-ethyl adjacent to an activating group) is 1. The summed E-state index contributed by atoms with van der Waals surface area (Å²) in [5, 5.41) is 15.0. The number of carbonyl (C=O) groups excluding carboxylic acids is 1. The number of unbranched alkanes of at least 4 members (excludes halogenated alkanes) is 2. The molecular weight excluding hydrogens is 234 g/mol. The van der Waals surface area contributed by atoms with Crippen LogP contribution in [0.5, 0.6) is 0 Å². The molecule has 1 rings (SSSR count). The number of hydrogen-bond acceptors (Lipinski definition) is 5. The van der Waals surface area contributed by atoms with E-state index in [-0.39, 0.29) is 12.5 Å². The number of nitrogens with zero attached hydrogens (tertiary/aromatic N) is 2. The quantitative estimate of drug-likeness (QED) is 0.678. The van der Waals surface area contributed by atoms with E-state index >= 15 is 0 Å². The van der Waals surface area contributed by atoms with Crippen molar-refractivity contribution in [2.45, 2.75) is 26.2 Å². The van der Waals surface area contributed by atoms with Crippen LogP contribution >= 0.6 is 0 Å². The first-order valence-electron chi connectivity index (χ1n) is 6.14. The lowest BCUT2D eigenvalue weighted by molar-refractivity contribution is -0.117. The van der Waals surface area contributed by atoms with E-state index in [0.29, 0.717) is 18.1 Å². The second kappa shape index (κ2) is 7.84. The summed E-state index contributed by atoms with van der Waals surface area (Å²) in [6.45, 7) is 3.17. The molecule has 2 N–H and O–H groups in total. The van der Waals surface area contributed by atoms with Crippen molar-refractivity contribution in [3.05, 3.63) is 11.8 Å². The summed E-state index contributed by atoms with van der Waals surface area (Å²) in [5.74, 6) is 1.02. The molecule has 1 aromatic heterocycles. The molecule has 1 heterocycles. The molecule has 6 nitrogen and oxygen atoms in total. The SMILES string of the molecule is Cc1cc(NC(=O)CN(C)CCCCCO)no1. The van der Waals surface area contributed by atoms with E-state index in [0.717, 1.165) is 25.8 Å². The van der Waals surface area contributed by atoms with Crippen LogP contribution < -0.4 is 5.32 Å². The van der Waals surface area contributed by atoms with Crippen LogP contribution in [0.25, 0.3) is 0 Å². The van der Waals surface area contributed by atoms with Crippen LogP contribution in [0.3, 0.4) is 0 Å². The number of aliphatic hydroxyl groups excluding tert-OH is 1. The minimum absolute atomic E-state index is 0.104. The average molecular weight is 255 g/mol. The zero-order chi connectivity index (χ0) is 13.4. The highest BCUT2D eigenvalue weighted by molar-refractivity contribution is 5.91. The Morgan fingerprint density at radius 2 is 2.28 bits per heavy atom. The molecule has 0 radical (unpaired) electrons. The Bertz CT molecular complexity index is 365. The molecule has 0 aliphatic carbocycles. The summed E-state index contributed by atoms with van der Waals surface area (Å²) in [6.07, 6.45) is 2.77. The Labute approximate surface area is 107 Å². The lowest BCUT2D eigenvalue weighted by Gasteiger charge is -2.15. The monoisotopic (exact) mass is 255 g/mol. The normalized spacial score (nSPS) is 10.9. The third-order valence-electron chi connectivity index (χ3n) is 2.51. The van der Waals surface area contributed by atoms with Crippen LogP contribution in [0, 0.1) is 6.92 Å². The van der Waals surface area contributed by atoms with Crippen molar-refractivity contribution in [3.63, 3.8) is 0 Å². The van der Waals surface area contributed by atoms with Gasteiger partial charge in [0.05, 0.1) is 6.54 Å². The minimum Gasteiger partial charge on any atom is -0.396 e. The summed E-state index contributed by atoms with van der Waals surface area (Å²) >= 11 is 0. The highest BCUT2D eigenvalue weighted by atomic mass is 16.5. The zero-order valence-corrected chi connectivity index (χ0v) is 11.0. The summed E-state index contributed by atoms with van der Waals surface area (Å²) in [6, 6.07) is 1.68. The first-order valence-corrected chi connectivity index (χ1v) is 6.14. The van der Waals surface area contributed by atoms with Crippen molar-refractivity contribution in [2.24, 2.45) is 0 Å². The minimum atomic E-state index is -0.104. The van der Waals surface area contributed by atoms with Gasteiger partial charge >= 0.3 is 0 Å². The molecule has 0 atom stereocenters. The van der Waals surface area contributed by atoms with E-state index in [4.69, 9.17) is 9.63 Å². The number of aryl methyl sites for hydroxylation is 1. The second-order valence-electron chi connectivity index (χ2n) is 4.39. The molecule has 102 valence electrons. The fourth-order valence-corrected chi connectivity index (χ4v) is 1.60. The summed E-state index contributed by atoms with van der Waals surface area (Å²) < 4.78 is 4.86. The fraction of sp³-hybridized carbons (Fsp3) is 0.667. The van der Waals surface area contributed by atoms with Crippen molar-refractivity contribution in [2.75, 3.05) is 32.1 Å². The molecule has 0 saturated heterocycles. The van der Waals surface area contributed by atoms with Gasteiger partial charge < -0.3 is 14.9 Å². The topological polar surface area (TPSA) is 78.6 Å². The van der Waals surface area contributed by atoms with Crippen molar-refractivity contribution in [1.29, 1.82) is 0 Å². The smallest absolute Gasteiger partial charge is 0.239 e. The standard InChI is InChI=1S/C12H21N3O3/c1-10-8-11(14-18-10)13-12(17)9-15(2)6-4-3-5-7-16/h8,16H,3-7,9H2,1-2H3,(H,13,14,17). The van der Waals surface area contributed by atoms with E-state index in [1.807, 2.05) is 11.9 Å². The molecule has 0 spiro atoms. The van der Waals surface area contributed by atoms with E-state index in [9.17, 15) is 4.79 Å². The van der Waals surface area contributed by atoms with Gasteiger partial charge in [-0.3, -0.25) is 9.69 Å². The first kappa shape index (κ1) is 14.7. The Morgan fingerprint density at radius 1 is 1.50 bits per heavy atom. The molecule has 0 aliphatic rings. The number of rotatable bonds is 8. The number of anilines is 1. The Kier molecular flexibility index (Phi) is 6.38. The van der Waals surface area contributed by atoms with E-state index in [2.05, 4.69) is 10.5 Å². The van der Waals surface area contributed by atoms with Gasteiger partial charge in [-0.05, 0) is 39.8 Å². The van der Waals surface area contributed by atoms with Crippen LogP contribution in [0.4, 0.5) is 5.82 Å². The lowest BCUT2D eigenvalue weighted by atomic mass is 10.2. The maximum atomic E-state index is 11.6.